The van der Waals surface area contributed by atoms with Crippen LogP contribution in [-0.2, 0) is 9.53 Å². The Morgan fingerprint density at radius 3 is 2.75 bits per heavy atom. The van der Waals surface area contributed by atoms with E-state index in [1.165, 1.54) is 0 Å². The van der Waals surface area contributed by atoms with E-state index in [1.54, 1.807) is 0 Å². The van der Waals surface area contributed by atoms with Gasteiger partial charge in [0.1, 0.15) is 0 Å². The first kappa shape index (κ1) is 5.21. The molecular weight excluding hydrogens is 110 g/mol. The van der Waals surface area contributed by atoms with Crippen molar-refractivity contribution in [1.29, 1.82) is 0 Å². The molecule has 0 aliphatic carbocycles. The van der Waals surface area contributed by atoms with Gasteiger partial charge in [-0.05, 0) is 0 Å². The molecule has 0 spiro atoms. The van der Waals surface area contributed by atoms with Gasteiger partial charge in [-0.2, -0.15) is 0 Å². The zero-order valence-corrected chi connectivity index (χ0v) is 4.29. The number of ether oxygens (including phenoxy) is 1. The molecule has 1 aliphatic heterocycles. The molecule has 0 radical (unpaired) electrons. The summed E-state index contributed by atoms with van der Waals surface area (Å²) in [5.74, 6) is -0.425. The van der Waals surface area contributed by atoms with Crippen molar-refractivity contribution in [3.8, 4) is 0 Å². The van der Waals surface area contributed by atoms with Crippen LogP contribution in [0.1, 0.15) is 0 Å². The van der Waals surface area contributed by atoms with Crippen molar-refractivity contribution in [1.82, 2.24) is 0 Å². The van der Waals surface area contributed by atoms with Gasteiger partial charge in [0.25, 0.3) is 6.54 Å². The molecule has 0 N–H and O–H groups in total. The van der Waals surface area contributed by atoms with Crippen molar-refractivity contribution in [3.63, 3.8) is 0 Å². The van der Waals surface area contributed by atoms with Crippen LogP contribution in [-0.4, -0.2) is 30.4 Å². The molecule has 1 fully saturated rings. The van der Waals surface area contributed by atoms with Crippen molar-refractivity contribution >= 4 is 5.97 Å². The summed E-state index contributed by atoms with van der Waals surface area (Å²) in [5.41, 5.74) is 0. The highest BCUT2D eigenvalue weighted by Crippen LogP contribution is 1.88. The van der Waals surface area contributed by atoms with Crippen LogP contribution in [0.3, 0.4) is 0 Å². The first-order valence-corrected chi connectivity index (χ1v) is 2.37. The first-order valence-electron chi connectivity index (χ1n) is 2.37. The molecule has 0 aromatic heterocycles. The minimum Gasteiger partial charge on any atom is -0.454 e. The molecule has 0 bridgehead atoms. The molecule has 4 nitrogen and oxygen atoms in total. The van der Waals surface area contributed by atoms with Crippen molar-refractivity contribution in [2.75, 3.05) is 19.7 Å². The number of hydrogen-bond donors (Lipinski definition) is 0. The van der Waals surface area contributed by atoms with Gasteiger partial charge in [0.15, 0.2) is 6.61 Å². The number of cyclic esters (lactones) is 1. The van der Waals surface area contributed by atoms with E-state index >= 15 is 0 Å². The number of rotatable bonds is 0. The van der Waals surface area contributed by atoms with Gasteiger partial charge in [-0.15, -0.1) is 0 Å². The summed E-state index contributed by atoms with van der Waals surface area (Å²) in [4.78, 5) is 20.5. The number of carbonyl (C=O) groups is 1. The number of hydrogen-bond acceptors (Lipinski definition) is 3. The molecule has 1 saturated heterocycles. The molecule has 1 rings (SSSR count). The lowest BCUT2D eigenvalue weighted by molar-refractivity contribution is -0.551. The Bertz CT molecular complexity index is 117. The van der Waals surface area contributed by atoms with Crippen LogP contribution in [0.2, 0.25) is 0 Å². The van der Waals surface area contributed by atoms with E-state index in [1.807, 2.05) is 0 Å². The van der Waals surface area contributed by atoms with Crippen LogP contribution < -0.4 is 0 Å². The molecule has 0 saturated carbocycles. The molecule has 4 heteroatoms. The average Bonchev–Trinajstić information content (AvgIpc) is 1.64. The summed E-state index contributed by atoms with van der Waals surface area (Å²) in [5, 5.41) is 0. The van der Waals surface area contributed by atoms with E-state index in [2.05, 4.69) is 4.74 Å². The van der Waals surface area contributed by atoms with Crippen molar-refractivity contribution in [2.24, 2.45) is 0 Å². The zero-order valence-electron chi connectivity index (χ0n) is 4.29. The van der Waals surface area contributed by atoms with Gasteiger partial charge >= 0.3 is 5.97 Å². The molecule has 1 heterocycles. The molecule has 0 amide bonds. The smallest absolute Gasteiger partial charge is 0.377 e. The number of esters is 1. The minimum absolute atomic E-state index is 0.111. The summed E-state index contributed by atoms with van der Waals surface area (Å²) in [6.45, 7) is 0.439. The van der Waals surface area contributed by atoms with Crippen LogP contribution in [0.5, 0.6) is 0 Å². The fourth-order valence-corrected chi connectivity index (χ4v) is 0.530. The summed E-state index contributed by atoms with van der Waals surface area (Å²) < 4.78 is 5.15. The Balaban J connectivity index is 2.45. The SMILES string of the molecule is O=C1C[N+](=O)CCO1. The molecule has 1 aliphatic rings. The van der Waals surface area contributed by atoms with Crippen molar-refractivity contribution in [2.45, 2.75) is 0 Å². The quantitative estimate of drug-likeness (QED) is 0.311. The molecular formula is C4H6NO3+. The summed E-state index contributed by atoms with van der Waals surface area (Å²) in [7, 11) is 0. The lowest BCUT2D eigenvalue weighted by Gasteiger charge is -2.02. The van der Waals surface area contributed by atoms with Crippen LogP contribution in [0.4, 0.5) is 0 Å². The Labute approximate surface area is 46.0 Å². The molecule has 44 valence electrons. The lowest BCUT2D eigenvalue weighted by atomic mass is 10.5. The number of morpholine rings is 1. The number of nitrogens with zero attached hydrogens (tertiary/aromatic N) is 1. The predicted octanol–water partition coefficient (Wildman–Crippen LogP) is -0.678. The maximum absolute atomic E-state index is 10.3. The molecule has 8 heavy (non-hydrogen) atoms. The number of nitroso groups, excluding NO2 is 1. The molecule has 0 unspecified atom stereocenters. The van der Waals surface area contributed by atoms with E-state index in [4.69, 9.17) is 0 Å². The van der Waals surface area contributed by atoms with Gasteiger partial charge in [-0.1, -0.05) is 0 Å². The molecule has 0 aromatic carbocycles. The van der Waals surface area contributed by atoms with Gasteiger partial charge < -0.3 is 4.74 Å². The fraction of sp³-hybridized carbons (Fsp3) is 0.750. The van der Waals surface area contributed by atoms with Gasteiger partial charge in [0.2, 0.25) is 6.54 Å². The second-order valence-electron chi connectivity index (χ2n) is 1.58. The Morgan fingerprint density at radius 1 is 1.62 bits per heavy atom. The topological polar surface area (TPSA) is 46.4 Å². The summed E-state index contributed by atoms with van der Waals surface area (Å²) in [6.07, 6.45) is 0. The van der Waals surface area contributed by atoms with E-state index in [0.717, 1.165) is 0 Å². The molecule has 0 atom stereocenters. The maximum Gasteiger partial charge on any atom is 0.377 e. The highest BCUT2D eigenvalue weighted by atomic mass is 16.5. The summed E-state index contributed by atoms with van der Waals surface area (Å²) >= 11 is 0. The second-order valence-corrected chi connectivity index (χ2v) is 1.58. The summed E-state index contributed by atoms with van der Waals surface area (Å²) in [6, 6.07) is 0. The van der Waals surface area contributed by atoms with Crippen LogP contribution >= 0.6 is 0 Å². The fourth-order valence-electron chi connectivity index (χ4n) is 0.530. The van der Waals surface area contributed by atoms with E-state index < -0.39 is 5.97 Å². The maximum atomic E-state index is 10.3. The van der Waals surface area contributed by atoms with Gasteiger partial charge in [-0.25, -0.2) is 4.79 Å². The van der Waals surface area contributed by atoms with Crippen LogP contribution in [0.25, 0.3) is 0 Å². The third kappa shape index (κ3) is 1.02. The van der Waals surface area contributed by atoms with Crippen LogP contribution in [0, 0.1) is 4.91 Å². The largest absolute Gasteiger partial charge is 0.454 e. The third-order valence-electron chi connectivity index (χ3n) is 0.909. The van der Waals surface area contributed by atoms with E-state index in [9.17, 15) is 9.70 Å². The van der Waals surface area contributed by atoms with Crippen molar-refractivity contribution < 1.29 is 14.3 Å². The standard InChI is InChI=1S/C4H6NO3/c6-4-3-5(7)1-2-8-4/h1-3H2/q+1. The van der Waals surface area contributed by atoms with E-state index in [0.29, 0.717) is 11.3 Å². The zero-order chi connectivity index (χ0) is 5.98. The first-order chi connectivity index (χ1) is 3.79. The highest BCUT2D eigenvalue weighted by molar-refractivity contribution is 5.70. The predicted molar refractivity (Wildman–Crippen MR) is 24.3 cm³/mol. The highest BCUT2D eigenvalue weighted by Gasteiger charge is 2.22. The minimum atomic E-state index is -0.425. The Morgan fingerprint density at radius 2 is 2.38 bits per heavy atom. The second kappa shape index (κ2) is 1.90. The molecule has 0 aromatic rings. The Kier molecular flexibility index (Phi) is 1.24. The van der Waals surface area contributed by atoms with Crippen molar-refractivity contribution in [3.05, 3.63) is 4.91 Å². The Hall–Kier alpha value is -0.930. The lowest BCUT2D eigenvalue weighted by Crippen LogP contribution is -2.31. The van der Waals surface area contributed by atoms with Crippen LogP contribution in [0.15, 0.2) is 0 Å². The van der Waals surface area contributed by atoms with E-state index in [-0.39, 0.29) is 13.2 Å². The normalized spacial score (nSPS) is 20.5. The third-order valence-corrected chi connectivity index (χ3v) is 0.909. The van der Waals surface area contributed by atoms with Gasteiger partial charge in [0, 0.05) is 9.67 Å². The van der Waals surface area contributed by atoms with Gasteiger partial charge in [0.05, 0.1) is 0 Å². The number of carbonyl (C=O) groups excluding carboxylic acids is 1. The van der Waals surface area contributed by atoms with Gasteiger partial charge in [-0.3, -0.25) is 0 Å². The average molecular weight is 116 g/mol. The monoisotopic (exact) mass is 116 g/mol.